The molecule has 0 spiro atoms. The largest absolute Gasteiger partial charge is 0.456 e. The van der Waals surface area contributed by atoms with Crippen molar-refractivity contribution in [2.75, 3.05) is 0 Å². The minimum Gasteiger partial charge on any atom is -0.456 e. The van der Waals surface area contributed by atoms with Crippen LogP contribution in [0.25, 0.3) is 129 Å². The summed E-state index contributed by atoms with van der Waals surface area (Å²) in [5.41, 5.74) is 19.4. The molecule has 72 heavy (non-hydrogen) atoms. The second-order valence-electron chi connectivity index (χ2n) is 19.1. The normalized spacial score (nSPS) is 12.4. The first-order chi connectivity index (χ1) is 35.3. The van der Waals surface area contributed by atoms with E-state index in [0.717, 1.165) is 88.4 Å². The summed E-state index contributed by atoms with van der Waals surface area (Å²) < 4.78 is 8.72. The van der Waals surface area contributed by atoms with Gasteiger partial charge in [0.1, 0.15) is 11.2 Å². The average molecular weight is 929 g/mol. The Kier molecular flexibility index (Phi) is 10.9. The van der Waals surface area contributed by atoms with E-state index >= 15 is 0 Å². The van der Waals surface area contributed by atoms with Gasteiger partial charge in [-0.15, -0.1) is 0 Å². The van der Waals surface area contributed by atoms with Crippen LogP contribution in [0, 0.1) is 0 Å². The highest BCUT2D eigenvalue weighted by atomic mass is 16.3. The minimum absolute atomic E-state index is 0.0937. The molecule has 0 aliphatic heterocycles. The van der Waals surface area contributed by atoms with Crippen LogP contribution in [0.15, 0.2) is 212 Å². The van der Waals surface area contributed by atoms with Gasteiger partial charge < -0.3 is 8.98 Å². The van der Waals surface area contributed by atoms with E-state index in [4.69, 9.17) is 19.4 Å². The van der Waals surface area contributed by atoms with Gasteiger partial charge in [0.15, 0.2) is 17.5 Å². The van der Waals surface area contributed by atoms with Gasteiger partial charge in [-0.1, -0.05) is 211 Å². The highest BCUT2D eigenvalue weighted by molar-refractivity contribution is 6.17. The molecule has 5 heteroatoms. The Morgan fingerprint density at radius 1 is 0.486 bits per heavy atom. The van der Waals surface area contributed by atoms with Crippen molar-refractivity contribution >= 4 is 55.9 Å². The molecule has 0 radical (unpaired) electrons. The third kappa shape index (κ3) is 7.19. The van der Waals surface area contributed by atoms with E-state index < -0.39 is 0 Å². The van der Waals surface area contributed by atoms with Gasteiger partial charge in [-0.2, -0.15) is 0 Å². The number of nitrogens with zero attached hydrogens (tertiary/aromatic N) is 4. The maximum Gasteiger partial charge on any atom is 0.164 e. The van der Waals surface area contributed by atoms with Gasteiger partial charge in [0.25, 0.3) is 0 Å². The predicted octanol–water partition coefficient (Wildman–Crippen LogP) is 18.2. The molecule has 1 aliphatic rings. The lowest BCUT2D eigenvalue weighted by atomic mass is 9.82. The lowest BCUT2D eigenvalue weighted by molar-refractivity contribution is 0.660. The van der Waals surface area contributed by atoms with Crippen molar-refractivity contribution in [3.05, 3.63) is 230 Å². The molecular weight excluding hydrogens is 877 g/mol. The van der Waals surface area contributed by atoms with Gasteiger partial charge in [-0.25, -0.2) is 15.0 Å². The molecule has 3 heterocycles. The van der Waals surface area contributed by atoms with Crippen LogP contribution in [0.2, 0.25) is 0 Å². The monoisotopic (exact) mass is 928 g/mol. The van der Waals surface area contributed by atoms with E-state index in [1.807, 2.05) is 66.7 Å². The molecule has 0 bridgehead atoms. The van der Waals surface area contributed by atoms with Crippen LogP contribution in [-0.4, -0.2) is 19.5 Å². The molecule has 0 amide bonds. The molecule has 3 aromatic heterocycles. The Labute approximate surface area is 420 Å². The van der Waals surface area contributed by atoms with Gasteiger partial charge >= 0.3 is 0 Å². The smallest absolute Gasteiger partial charge is 0.164 e. The Morgan fingerprint density at radius 3 is 1.86 bits per heavy atom. The lowest BCUT2D eigenvalue weighted by Gasteiger charge is -2.21. The van der Waals surface area contributed by atoms with Crippen LogP contribution in [0.1, 0.15) is 56.4 Å². The molecule has 0 saturated carbocycles. The predicted molar refractivity (Wildman–Crippen MR) is 302 cm³/mol. The number of hydrogen-bond donors (Lipinski definition) is 0. The van der Waals surface area contributed by atoms with E-state index in [1.54, 1.807) is 0 Å². The van der Waals surface area contributed by atoms with Crippen molar-refractivity contribution < 1.29 is 4.42 Å². The fourth-order valence-electron chi connectivity index (χ4n) is 10.9. The first-order valence-corrected chi connectivity index (χ1v) is 24.8. The number of furan rings is 1. The molecule has 0 saturated heterocycles. The van der Waals surface area contributed by atoms with Crippen molar-refractivity contribution in [2.45, 2.75) is 39.5 Å². The second-order valence-corrected chi connectivity index (χ2v) is 19.1. The zero-order valence-electron chi connectivity index (χ0n) is 40.9. The van der Waals surface area contributed by atoms with Crippen molar-refractivity contribution in [3.8, 4) is 73.2 Å². The maximum atomic E-state index is 6.33. The van der Waals surface area contributed by atoms with Crippen LogP contribution < -0.4 is 0 Å². The summed E-state index contributed by atoms with van der Waals surface area (Å²) in [6, 6.07) is 68.7. The Balaban J connectivity index is 0.00000173. The fraction of sp³-hybridized carbons (Fsp3) is 0.0896. The van der Waals surface area contributed by atoms with Crippen molar-refractivity contribution in [1.29, 1.82) is 0 Å². The Bertz CT molecular complexity index is 4110. The zero-order chi connectivity index (χ0) is 49.1. The summed E-state index contributed by atoms with van der Waals surface area (Å²) in [5.74, 6) is 1.72. The number of benzene rings is 9. The van der Waals surface area contributed by atoms with Crippen molar-refractivity contribution in [3.63, 3.8) is 0 Å². The number of rotatable bonds is 8. The third-order valence-electron chi connectivity index (χ3n) is 14.2. The van der Waals surface area contributed by atoms with Crippen LogP contribution in [-0.2, 0) is 5.41 Å². The first kappa shape index (κ1) is 44.3. The van der Waals surface area contributed by atoms with Crippen LogP contribution >= 0.6 is 0 Å². The molecule has 0 atom stereocenters. The Hall–Kier alpha value is -8.93. The molecule has 13 rings (SSSR count). The standard InChI is InChI=1S/C64H44N4O.C3H8/c1-5-39-33-35-55-59(46(39)6-2)52-28-16-27-48(42-21-14-20-41(36-42)47-26-17-30-54-58(47)51-25-10-12-29-53(51)64(54,3)4)60(52)68(55)45-23-15-22-43(37-45)62-65-61(40-18-8-7-9-19-40)66-63(67-62)44-32-34-50-49-24-11-13-31-56(49)69-57(50)38-44;1-3-2/h5-38H,1-2H2,3-4H3;3H2,1-2H3. The van der Waals surface area contributed by atoms with E-state index in [-0.39, 0.29) is 5.41 Å². The number of para-hydroxylation sites is 2. The zero-order valence-corrected chi connectivity index (χ0v) is 40.9. The third-order valence-corrected chi connectivity index (χ3v) is 14.2. The van der Waals surface area contributed by atoms with Gasteiger partial charge in [-0.05, 0) is 92.5 Å². The molecular formula is C67H52N4O. The average Bonchev–Trinajstić information content (AvgIpc) is 4.06. The second kappa shape index (κ2) is 17.8. The summed E-state index contributed by atoms with van der Waals surface area (Å²) in [6.07, 6.45) is 5.13. The lowest BCUT2D eigenvalue weighted by Crippen LogP contribution is -2.14. The molecule has 12 aromatic rings. The summed E-state index contributed by atoms with van der Waals surface area (Å²) in [4.78, 5) is 15.5. The first-order valence-electron chi connectivity index (χ1n) is 24.8. The summed E-state index contributed by atoms with van der Waals surface area (Å²) >= 11 is 0. The van der Waals surface area contributed by atoms with Gasteiger partial charge in [0, 0.05) is 54.9 Å². The topological polar surface area (TPSA) is 56.7 Å². The molecule has 0 N–H and O–H groups in total. The van der Waals surface area contributed by atoms with Crippen LogP contribution in [0.4, 0.5) is 0 Å². The van der Waals surface area contributed by atoms with Crippen molar-refractivity contribution in [2.24, 2.45) is 0 Å². The highest BCUT2D eigenvalue weighted by Crippen LogP contribution is 2.52. The maximum absolute atomic E-state index is 6.33. The van der Waals surface area contributed by atoms with Gasteiger partial charge in [0.05, 0.1) is 11.0 Å². The van der Waals surface area contributed by atoms with Gasteiger partial charge in [0.2, 0.25) is 0 Å². The van der Waals surface area contributed by atoms with E-state index in [0.29, 0.717) is 17.5 Å². The fourth-order valence-corrected chi connectivity index (χ4v) is 10.9. The molecule has 0 fully saturated rings. The SMILES string of the molecule is C=Cc1ccc2c(c1C=C)c1cccc(-c3cccc(-c4cccc5c4-c4ccccc4C5(C)C)c3)c1n2-c1cccc(-c2nc(-c3ccccc3)nc(-c3ccc4c(c3)oc3ccccc34)n2)c1.CCC. The van der Waals surface area contributed by atoms with E-state index in [9.17, 15) is 0 Å². The summed E-state index contributed by atoms with van der Waals surface area (Å²) in [5, 5.41) is 4.38. The summed E-state index contributed by atoms with van der Waals surface area (Å²) in [7, 11) is 0. The molecule has 1 aliphatic carbocycles. The number of aromatic nitrogens is 4. The van der Waals surface area contributed by atoms with Gasteiger partial charge in [-0.3, -0.25) is 0 Å². The number of fused-ring (bicyclic) bond motifs is 9. The Morgan fingerprint density at radius 2 is 1.07 bits per heavy atom. The molecule has 5 nitrogen and oxygen atoms in total. The minimum atomic E-state index is -0.0937. The number of hydrogen-bond acceptors (Lipinski definition) is 4. The summed E-state index contributed by atoms with van der Waals surface area (Å²) in [6.45, 7) is 17.4. The highest BCUT2D eigenvalue weighted by Gasteiger charge is 2.36. The van der Waals surface area contributed by atoms with Crippen molar-refractivity contribution in [1.82, 2.24) is 19.5 Å². The van der Waals surface area contributed by atoms with Crippen LogP contribution in [0.5, 0.6) is 0 Å². The van der Waals surface area contributed by atoms with E-state index in [1.165, 1.54) is 39.8 Å². The van der Waals surface area contributed by atoms with E-state index in [2.05, 4.69) is 185 Å². The van der Waals surface area contributed by atoms with Crippen LogP contribution in [0.3, 0.4) is 0 Å². The molecule has 0 unspecified atom stereocenters. The molecule has 9 aromatic carbocycles. The molecule has 346 valence electrons. The quantitative estimate of drug-likeness (QED) is 0.152.